The summed E-state index contributed by atoms with van der Waals surface area (Å²) in [5.74, 6) is 4.40. The number of hydrogen-bond acceptors (Lipinski definition) is 5. The minimum absolute atomic E-state index is 0.419. The van der Waals surface area contributed by atoms with Crippen molar-refractivity contribution in [1.29, 1.82) is 0 Å². The average molecular weight is 438 g/mol. The van der Waals surface area contributed by atoms with Crippen LogP contribution in [0.4, 0.5) is 0 Å². The van der Waals surface area contributed by atoms with Crippen molar-refractivity contribution in [3.63, 3.8) is 0 Å². The molecule has 0 spiro atoms. The Morgan fingerprint density at radius 1 is 1.03 bits per heavy atom. The molecule has 7 nitrogen and oxygen atoms in total. The number of carbonyl (C=O) groups excluding carboxylic acids is 1. The van der Waals surface area contributed by atoms with Crippen LogP contribution in [0.2, 0.25) is 0 Å². The second-order valence-electron chi connectivity index (χ2n) is 9.97. The molecule has 3 aliphatic rings. The van der Waals surface area contributed by atoms with Crippen LogP contribution in [0.5, 0.6) is 5.75 Å². The molecule has 1 saturated heterocycles. The summed E-state index contributed by atoms with van der Waals surface area (Å²) in [6, 6.07) is 7.88. The number of amides is 1. The van der Waals surface area contributed by atoms with Crippen LogP contribution in [0.1, 0.15) is 64.2 Å². The molecule has 1 aliphatic heterocycles. The first-order chi connectivity index (χ1) is 15.8. The fraction of sp³-hybridized carbons (Fsp3) is 0.680. The molecule has 2 aromatic rings. The quantitative estimate of drug-likeness (QED) is 0.616. The number of aromatic nitrogens is 4. The maximum atomic E-state index is 12.7. The number of rotatable bonds is 8. The summed E-state index contributed by atoms with van der Waals surface area (Å²) in [6.07, 6.45) is 13.7. The Kier molecular flexibility index (Phi) is 6.69. The van der Waals surface area contributed by atoms with Crippen LogP contribution in [0, 0.1) is 23.7 Å². The first-order valence-electron chi connectivity index (χ1n) is 12.5. The van der Waals surface area contributed by atoms with Gasteiger partial charge in [-0.1, -0.05) is 19.3 Å². The van der Waals surface area contributed by atoms with Crippen LogP contribution >= 0.6 is 0 Å². The smallest absolute Gasteiger partial charge is 0.222 e. The third-order valence-corrected chi connectivity index (χ3v) is 7.87. The van der Waals surface area contributed by atoms with Crippen LogP contribution in [0.3, 0.4) is 0 Å². The van der Waals surface area contributed by atoms with E-state index in [0.717, 1.165) is 61.7 Å². The van der Waals surface area contributed by atoms with Crippen molar-refractivity contribution in [3.05, 3.63) is 30.6 Å². The number of benzene rings is 1. The van der Waals surface area contributed by atoms with Gasteiger partial charge in [-0.2, -0.15) is 0 Å². The summed E-state index contributed by atoms with van der Waals surface area (Å²) < 4.78 is 7.60. The van der Waals surface area contributed by atoms with Crippen LogP contribution in [-0.2, 0) is 4.79 Å². The number of likely N-dealkylation sites (tertiary alicyclic amines) is 1. The summed E-state index contributed by atoms with van der Waals surface area (Å²) in [4.78, 5) is 14.8. The highest BCUT2D eigenvalue weighted by atomic mass is 16.5. The molecule has 1 aromatic carbocycles. The van der Waals surface area contributed by atoms with E-state index in [1.807, 2.05) is 24.3 Å². The van der Waals surface area contributed by atoms with E-state index < -0.39 is 0 Å². The number of ether oxygens (including phenoxy) is 1. The van der Waals surface area contributed by atoms with Gasteiger partial charge in [-0.15, -0.1) is 5.10 Å². The van der Waals surface area contributed by atoms with E-state index in [4.69, 9.17) is 4.74 Å². The van der Waals surface area contributed by atoms with Gasteiger partial charge in [0, 0.05) is 19.5 Å². The van der Waals surface area contributed by atoms with Crippen molar-refractivity contribution >= 4 is 5.91 Å². The van der Waals surface area contributed by atoms with Crippen molar-refractivity contribution in [2.75, 3.05) is 19.7 Å². The van der Waals surface area contributed by atoms with Gasteiger partial charge in [0.05, 0.1) is 12.3 Å². The topological polar surface area (TPSA) is 73.1 Å². The Morgan fingerprint density at radius 2 is 1.81 bits per heavy atom. The maximum absolute atomic E-state index is 12.7. The summed E-state index contributed by atoms with van der Waals surface area (Å²) in [6.45, 7) is 2.72. The van der Waals surface area contributed by atoms with Gasteiger partial charge in [-0.05, 0) is 96.9 Å². The van der Waals surface area contributed by atoms with Crippen molar-refractivity contribution in [2.45, 2.75) is 64.2 Å². The lowest BCUT2D eigenvalue weighted by Gasteiger charge is -2.34. The van der Waals surface area contributed by atoms with E-state index in [-0.39, 0.29) is 0 Å². The van der Waals surface area contributed by atoms with E-state index in [9.17, 15) is 4.79 Å². The molecule has 5 rings (SSSR count). The highest BCUT2D eigenvalue weighted by Crippen LogP contribution is 2.49. The van der Waals surface area contributed by atoms with Gasteiger partial charge in [0.2, 0.25) is 5.91 Å². The fourth-order valence-electron chi connectivity index (χ4n) is 5.83. The Bertz CT molecular complexity index is 855. The summed E-state index contributed by atoms with van der Waals surface area (Å²) >= 11 is 0. The minimum Gasteiger partial charge on any atom is -0.494 e. The van der Waals surface area contributed by atoms with Crippen molar-refractivity contribution < 1.29 is 9.53 Å². The molecule has 32 heavy (non-hydrogen) atoms. The lowest BCUT2D eigenvalue weighted by molar-refractivity contribution is -0.134. The summed E-state index contributed by atoms with van der Waals surface area (Å²) in [5, 5.41) is 11.2. The van der Waals surface area contributed by atoms with Crippen LogP contribution in [0.25, 0.3) is 5.69 Å². The van der Waals surface area contributed by atoms with Crippen LogP contribution in [0.15, 0.2) is 30.6 Å². The normalized spacial score (nSPS) is 24.4. The Labute approximate surface area is 190 Å². The zero-order valence-electron chi connectivity index (χ0n) is 18.9. The van der Waals surface area contributed by atoms with E-state index in [0.29, 0.717) is 11.8 Å². The molecule has 2 saturated carbocycles. The van der Waals surface area contributed by atoms with Gasteiger partial charge in [0.1, 0.15) is 12.1 Å². The SMILES string of the molecule is O=C(CC1CCCCC1)N1CCC(C2CC2CCOc2ccc(-n3cnnn3)cc2)CC1. The van der Waals surface area contributed by atoms with Crippen molar-refractivity contribution in [1.82, 2.24) is 25.1 Å². The van der Waals surface area contributed by atoms with E-state index >= 15 is 0 Å². The lowest BCUT2D eigenvalue weighted by atomic mass is 9.86. The first-order valence-corrected chi connectivity index (χ1v) is 12.5. The van der Waals surface area contributed by atoms with Crippen LogP contribution in [-0.4, -0.2) is 50.7 Å². The van der Waals surface area contributed by atoms with Gasteiger partial charge in [0.15, 0.2) is 0 Å². The lowest BCUT2D eigenvalue weighted by Crippen LogP contribution is -2.39. The molecular formula is C25H35N5O2. The first kappa shape index (κ1) is 21.4. The second kappa shape index (κ2) is 10.0. The number of nitrogens with zero attached hydrogens (tertiary/aromatic N) is 5. The van der Waals surface area contributed by atoms with Gasteiger partial charge in [0.25, 0.3) is 0 Å². The molecule has 172 valence electrons. The van der Waals surface area contributed by atoms with Gasteiger partial charge in [-0.25, -0.2) is 4.68 Å². The monoisotopic (exact) mass is 437 g/mol. The molecule has 2 unspecified atom stereocenters. The number of piperidine rings is 1. The molecule has 2 aliphatic carbocycles. The Balaban J connectivity index is 0.987. The summed E-state index contributed by atoms with van der Waals surface area (Å²) in [7, 11) is 0. The van der Waals surface area contributed by atoms with E-state index in [1.165, 1.54) is 51.4 Å². The van der Waals surface area contributed by atoms with Gasteiger partial charge < -0.3 is 9.64 Å². The number of hydrogen-bond donors (Lipinski definition) is 0. The molecule has 0 radical (unpaired) electrons. The van der Waals surface area contributed by atoms with Gasteiger partial charge >= 0.3 is 0 Å². The van der Waals surface area contributed by atoms with Crippen molar-refractivity contribution in [3.8, 4) is 11.4 Å². The molecule has 7 heteroatoms. The van der Waals surface area contributed by atoms with Gasteiger partial charge in [-0.3, -0.25) is 4.79 Å². The predicted molar refractivity (Wildman–Crippen MR) is 121 cm³/mol. The van der Waals surface area contributed by atoms with Crippen LogP contribution < -0.4 is 4.74 Å². The third kappa shape index (κ3) is 5.30. The maximum Gasteiger partial charge on any atom is 0.222 e. The summed E-state index contributed by atoms with van der Waals surface area (Å²) in [5.41, 5.74) is 0.924. The molecular weight excluding hydrogens is 402 g/mol. The standard InChI is InChI=1S/C25H35N5O2/c31-25(16-19-4-2-1-3-5-19)29-13-10-20(11-14-29)24-17-21(24)12-15-32-23-8-6-22(7-9-23)30-18-26-27-28-30/h6-9,18-21,24H,1-5,10-17H2. The van der Waals surface area contributed by atoms with Crippen molar-refractivity contribution in [2.24, 2.45) is 23.7 Å². The van der Waals surface area contributed by atoms with E-state index in [2.05, 4.69) is 20.4 Å². The highest BCUT2D eigenvalue weighted by molar-refractivity contribution is 5.76. The fourth-order valence-corrected chi connectivity index (χ4v) is 5.83. The molecule has 1 amide bonds. The zero-order valence-corrected chi connectivity index (χ0v) is 18.9. The molecule has 1 aromatic heterocycles. The third-order valence-electron chi connectivity index (χ3n) is 7.87. The zero-order chi connectivity index (χ0) is 21.8. The second-order valence-corrected chi connectivity index (χ2v) is 9.97. The average Bonchev–Trinajstić information content (AvgIpc) is 3.39. The minimum atomic E-state index is 0.419. The molecule has 0 bridgehead atoms. The highest BCUT2D eigenvalue weighted by Gasteiger charge is 2.43. The Hall–Kier alpha value is -2.44. The number of carbonyl (C=O) groups is 1. The molecule has 3 fully saturated rings. The molecule has 0 N–H and O–H groups in total. The molecule has 2 atom stereocenters. The largest absolute Gasteiger partial charge is 0.494 e. The Morgan fingerprint density at radius 3 is 2.53 bits per heavy atom. The molecule has 2 heterocycles. The van der Waals surface area contributed by atoms with E-state index in [1.54, 1.807) is 11.0 Å². The number of tetrazole rings is 1. The predicted octanol–water partition coefficient (Wildman–Crippen LogP) is 4.28.